The number of ether oxygens (including phenoxy) is 1. The van der Waals surface area contributed by atoms with Crippen molar-refractivity contribution in [1.29, 1.82) is 0 Å². The summed E-state index contributed by atoms with van der Waals surface area (Å²) in [7, 11) is 0. The number of halogens is 2. The highest BCUT2D eigenvalue weighted by Crippen LogP contribution is 2.26. The molecule has 0 aliphatic rings. The molecule has 0 rings (SSSR count). The Kier molecular flexibility index (Phi) is 11.1. The molecule has 0 saturated carbocycles. The van der Waals surface area contributed by atoms with Crippen LogP contribution in [0.15, 0.2) is 59.9 Å². The molecule has 0 spiro atoms. The standard InChI is InChI=1S/C17H25F2NO/c1-5-14(16(19)11-12-18)15(6-2)17(21-8-4)10-9-13-20-7-3/h5-6,10-12,20H,1,7-9,13H2,2-4H3/b12-11+,15-6-,16-14-,17-10+. The minimum atomic E-state index is -0.683. The molecule has 0 amide bonds. The molecule has 0 atom stereocenters. The van der Waals surface area contributed by atoms with Crippen LogP contribution in [0, 0.1) is 0 Å². The maximum Gasteiger partial charge on any atom is 0.133 e. The maximum atomic E-state index is 13.9. The van der Waals surface area contributed by atoms with Crippen LogP contribution in [0.4, 0.5) is 8.78 Å². The van der Waals surface area contributed by atoms with Crippen molar-refractivity contribution in [2.45, 2.75) is 27.2 Å². The van der Waals surface area contributed by atoms with Gasteiger partial charge in [0.2, 0.25) is 0 Å². The Balaban J connectivity index is 5.41. The molecule has 4 heteroatoms. The number of nitrogens with one attached hydrogen (secondary N) is 1. The van der Waals surface area contributed by atoms with Gasteiger partial charge in [-0.15, -0.1) is 0 Å². The summed E-state index contributed by atoms with van der Waals surface area (Å²) in [6.07, 6.45) is 6.69. The summed E-state index contributed by atoms with van der Waals surface area (Å²) >= 11 is 0. The molecule has 0 aliphatic heterocycles. The highest BCUT2D eigenvalue weighted by Gasteiger charge is 2.12. The van der Waals surface area contributed by atoms with E-state index in [4.69, 9.17) is 4.74 Å². The lowest BCUT2D eigenvalue weighted by Crippen LogP contribution is -2.13. The molecule has 1 N–H and O–H groups in total. The summed E-state index contributed by atoms with van der Waals surface area (Å²) in [5.74, 6) is -0.104. The Morgan fingerprint density at radius 3 is 2.52 bits per heavy atom. The van der Waals surface area contributed by atoms with E-state index in [0.717, 1.165) is 25.6 Å². The zero-order chi connectivity index (χ0) is 16.1. The SMILES string of the molecule is C=CC(/C(=C/C)C(=C\CCNCC)/OCC)=C(F)\C=C\F. The molecular weight excluding hydrogens is 272 g/mol. The first-order valence-electron chi connectivity index (χ1n) is 7.15. The number of allylic oxidation sites excluding steroid dienone is 5. The Morgan fingerprint density at radius 1 is 1.33 bits per heavy atom. The lowest BCUT2D eigenvalue weighted by molar-refractivity contribution is 0.237. The third-order valence-electron chi connectivity index (χ3n) is 2.72. The minimum absolute atomic E-state index is 0.168. The van der Waals surface area contributed by atoms with E-state index >= 15 is 0 Å². The molecule has 0 aliphatic carbocycles. The number of rotatable bonds is 10. The molecule has 0 aromatic heterocycles. The Hall–Kier alpha value is -1.68. The topological polar surface area (TPSA) is 21.3 Å². The minimum Gasteiger partial charge on any atom is -0.494 e. The van der Waals surface area contributed by atoms with Gasteiger partial charge in [0.15, 0.2) is 0 Å². The van der Waals surface area contributed by atoms with Crippen LogP contribution in [-0.2, 0) is 4.74 Å². The average molecular weight is 297 g/mol. The molecule has 0 heterocycles. The quantitative estimate of drug-likeness (QED) is 0.357. The van der Waals surface area contributed by atoms with E-state index in [1.54, 1.807) is 13.0 Å². The monoisotopic (exact) mass is 297 g/mol. The fourth-order valence-corrected chi connectivity index (χ4v) is 1.80. The van der Waals surface area contributed by atoms with E-state index < -0.39 is 5.83 Å². The predicted octanol–water partition coefficient (Wildman–Crippen LogP) is 4.75. The largest absolute Gasteiger partial charge is 0.494 e. The number of hydrogen-bond acceptors (Lipinski definition) is 2. The Labute approximate surface area is 126 Å². The third-order valence-corrected chi connectivity index (χ3v) is 2.72. The Morgan fingerprint density at radius 2 is 2.05 bits per heavy atom. The summed E-state index contributed by atoms with van der Waals surface area (Å²) in [4.78, 5) is 0. The first kappa shape index (κ1) is 19.3. The van der Waals surface area contributed by atoms with Gasteiger partial charge in [0.05, 0.1) is 12.9 Å². The van der Waals surface area contributed by atoms with Gasteiger partial charge in [-0.25, -0.2) is 8.78 Å². The smallest absolute Gasteiger partial charge is 0.133 e. The van der Waals surface area contributed by atoms with Gasteiger partial charge in [-0.3, -0.25) is 0 Å². The van der Waals surface area contributed by atoms with Crippen molar-refractivity contribution in [3.8, 4) is 0 Å². The van der Waals surface area contributed by atoms with Crippen molar-refractivity contribution in [3.63, 3.8) is 0 Å². The zero-order valence-electron chi connectivity index (χ0n) is 13.1. The summed E-state index contributed by atoms with van der Waals surface area (Å²) in [6.45, 7) is 11.4. The van der Waals surface area contributed by atoms with Gasteiger partial charge < -0.3 is 10.1 Å². The second-order valence-corrected chi connectivity index (χ2v) is 4.10. The van der Waals surface area contributed by atoms with Gasteiger partial charge in [-0.1, -0.05) is 25.7 Å². The van der Waals surface area contributed by atoms with Crippen LogP contribution in [-0.4, -0.2) is 19.7 Å². The molecule has 0 radical (unpaired) electrons. The highest BCUT2D eigenvalue weighted by atomic mass is 19.1. The van der Waals surface area contributed by atoms with Crippen molar-refractivity contribution < 1.29 is 13.5 Å². The van der Waals surface area contributed by atoms with E-state index in [0.29, 0.717) is 17.9 Å². The molecule has 118 valence electrons. The van der Waals surface area contributed by atoms with Gasteiger partial charge in [-0.2, -0.15) is 0 Å². The van der Waals surface area contributed by atoms with Crippen molar-refractivity contribution in [2.24, 2.45) is 0 Å². The van der Waals surface area contributed by atoms with E-state index in [1.807, 2.05) is 19.9 Å². The maximum absolute atomic E-state index is 13.9. The molecule has 0 saturated heterocycles. The fraction of sp³-hybridized carbons (Fsp3) is 0.412. The van der Waals surface area contributed by atoms with Crippen molar-refractivity contribution in [1.82, 2.24) is 5.32 Å². The lowest BCUT2D eigenvalue weighted by Gasteiger charge is -2.14. The molecule has 0 aromatic carbocycles. The molecule has 0 fully saturated rings. The normalized spacial score (nSPS) is 14.3. The average Bonchev–Trinajstić information content (AvgIpc) is 2.48. The van der Waals surface area contributed by atoms with Crippen LogP contribution in [0.5, 0.6) is 0 Å². The van der Waals surface area contributed by atoms with Gasteiger partial charge in [0, 0.05) is 17.2 Å². The summed E-state index contributed by atoms with van der Waals surface area (Å²) in [5, 5.41) is 3.20. The number of hydrogen-bond donors (Lipinski definition) is 1. The molecule has 0 bridgehead atoms. The molecular formula is C17H25F2NO. The molecule has 0 aromatic rings. The van der Waals surface area contributed by atoms with Crippen LogP contribution in [0.1, 0.15) is 27.2 Å². The first-order valence-corrected chi connectivity index (χ1v) is 7.15. The summed E-state index contributed by atoms with van der Waals surface area (Å²) in [5.41, 5.74) is 0.786. The van der Waals surface area contributed by atoms with Crippen LogP contribution < -0.4 is 5.32 Å². The van der Waals surface area contributed by atoms with Crippen LogP contribution in [0.3, 0.4) is 0 Å². The first-order chi connectivity index (χ1) is 10.2. The molecule has 0 unspecified atom stereocenters. The fourth-order valence-electron chi connectivity index (χ4n) is 1.80. The lowest BCUT2D eigenvalue weighted by atomic mass is 10.0. The van der Waals surface area contributed by atoms with Crippen molar-refractivity contribution in [2.75, 3.05) is 19.7 Å². The highest BCUT2D eigenvalue weighted by molar-refractivity contribution is 5.52. The van der Waals surface area contributed by atoms with Crippen LogP contribution >= 0.6 is 0 Å². The van der Waals surface area contributed by atoms with E-state index in [2.05, 4.69) is 11.9 Å². The predicted molar refractivity (Wildman–Crippen MR) is 85.2 cm³/mol. The van der Waals surface area contributed by atoms with Gasteiger partial charge in [0.25, 0.3) is 0 Å². The third kappa shape index (κ3) is 7.04. The second-order valence-electron chi connectivity index (χ2n) is 4.10. The van der Waals surface area contributed by atoms with Crippen molar-refractivity contribution in [3.05, 3.63) is 59.9 Å². The second kappa shape index (κ2) is 12.1. The van der Waals surface area contributed by atoms with Crippen LogP contribution in [0.25, 0.3) is 0 Å². The van der Waals surface area contributed by atoms with Gasteiger partial charge >= 0.3 is 0 Å². The molecule has 21 heavy (non-hydrogen) atoms. The van der Waals surface area contributed by atoms with Gasteiger partial charge in [-0.05, 0) is 39.4 Å². The Bertz CT molecular complexity index is 434. The molecule has 2 nitrogen and oxygen atoms in total. The van der Waals surface area contributed by atoms with Crippen LogP contribution in [0.2, 0.25) is 0 Å². The van der Waals surface area contributed by atoms with Crippen molar-refractivity contribution >= 4 is 0 Å². The van der Waals surface area contributed by atoms with Gasteiger partial charge in [0.1, 0.15) is 11.6 Å². The summed E-state index contributed by atoms with van der Waals surface area (Å²) < 4.78 is 31.7. The summed E-state index contributed by atoms with van der Waals surface area (Å²) in [6, 6.07) is 0. The zero-order valence-corrected chi connectivity index (χ0v) is 13.1. The van der Waals surface area contributed by atoms with E-state index in [9.17, 15) is 8.78 Å². The van der Waals surface area contributed by atoms with E-state index in [1.165, 1.54) is 6.08 Å². The van der Waals surface area contributed by atoms with E-state index in [-0.39, 0.29) is 11.9 Å².